The molecule has 0 aliphatic rings. The van der Waals surface area contributed by atoms with Crippen LogP contribution in [-0.4, -0.2) is 4.98 Å². The van der Waals surface area contributed by atoms with Crippen molar-refractivity contribution in [3.05, 3.63) is 42.2 Å². The van der Waals surface area contributed by atoms with E-state index < -0.39 is 0 Å². The smallest absolute Gasteiger partial charge is 0.0533 e. The summed E-state index contributed by atoms with van der Waals surface area (Å²) in [6, 6.07) is 4.15. The molecule has 1 aromatic heterocycles. The number of nitrogens with zero attached hydrogens (tertiary/aromatic N) is 1. The Kier molecular flexibility index (Phi) is 4.74. The Hall–Kier alpha value is -0.760. The number of thiol groups is 1. The first-order valence-electron chi connectivity index (χ1n) is 5.01. The summed E-state index contributed by atoms with van der Waals surface area (Å²) in [6.45, 7) is 5.89. The number of hydrogen-bond acceptors (Lipinski definition) is 2. The summed E-state index contributed by atoms with van der Waals surface area (Å²) >= 11 is 4.53. The first-order valence-corrected chi connectivity index (χ1v) is 5.53. The molecule has 1 nitrogen and oxygen atoms in total. The third-order valence-electron chi connectivity index (χ3n) is 2.13. The normalized spacial score (nSPS) is 12.4. The minimum absolute atomic E-state index is 0.268. The van der Waals surface area contributed by atoms with Crippen molar-refractivity contribution >= 4 is 12.6 Å². The van der Waals surface area contributed by atoms with Crippen LogP contribution in [0.1, 0.15) is 36.3 Å². The van der Waals surface area contributed by atoms with Gasteiger partial charge in [0.1, 0.15) is 0 Å². The summed E-state index contributed by atoms with van der Waals surface area (Å²) in [5, 5.41) is 0.268. The molecule has 14 heavy (non-hydrogen) atoms. The molecular weight excluding hydrogens is 190 g/mol. The highest BCUT2D eigenvalue weighted by Crippen LogP contribution is 2.23. The van der Waals surface area contributed by atoms with Crippen LogP contribution in [0.15, 0.2) is 31.0 Å². The maximum atomic E-state index is 4.53. The fourth-order valence-electron chi connectivity index (χ4n) is 1.39. The van der Waals surface area contributed by atoms with E-state index in [9.17, 15) is 0 Å². The Morgan fingerprint density at radius 2 is 2.43 bits per heavy atom. The summed E-state index contributed by atoms with van der Waals surface area (Å²) < 4.78 is 0. The molecule has 1 aromatic rings. The number of rotatable bonds is 5. The molecule has 0 aliphatic heterocycles. The molecule has 0 saturated heterocycles. The first-order chi connectivity index (χ1) is 6.77. The molecule has 2 heteroatoms. The zero-order valence-corrected chi connectivity index (χ0v) is 9.50. The Morgan fingerprint density at radius 1 is 1.64 bits per heavy atom. The zero-order valence-electron chi connectivity index (χ0n) is 8.61. The summed E-state index contributed by atoms with van der Waals surface area (Å²) in [7, 11) is 0. The summed E-state index contributed by atoms with van der Waals surface area (Å²) in [5.41, 5.74) is 2.34. The molecule has 0 bridgehead atoms. The van der Waals surface area contributed by atoms with Gasteiger partial charge in [0.15, 0.2) is 0 Å². The van der Waals surface area contributed by atoms with Crippen molar-refractivity contribution in [3.8, 4) is 0 Å². The maximum absolute atomic E-state index is 4.53. The van der Waals surface area contributed by atoms with E-state index in [4.69, 9.17) is 0 Å². The molecule has 1 heterocycles. The predicted molar refractivity (Wildman–Crippen MR) is 64.8 cm³/mol. The van der Waals surface area contributed by atoms with Crippen molar-refractivity contribution in [3.63, 3.8) is 0 Å². The molecule has 0 N–H and O–H groups in total. The average molecular weight is 207 g/mol. The van der Waals surface area contributed by atoms with Gasteiger partial charge in [-0.3, -0.25) is 4.98 Å². The minimum Gasteiger partial charge on any atom is -0.260 e. The second kappa shape index (κ2) is 5.86. The highest BCUT2D eigenvalue weighted by molar-refractivity contribution is 7.80. The van der Waals surface area contributed by atoms with E-state index in [1.54, 1.807) is 0 Å². The van der Waals surface area contributed by atoms with E-state index in [0.717, 1.165) is 25.0 Å². The SMILES string of the molecule is C=CCc1ccnc(C(S)CCC)c1. The third kappa shape index (κ3) is 3.18. The maximum Gasteiger partial charge on any atom is 0.0533 e. The fraction of sp³-hybridized carbons (Fsp3) is 0.417. The van der Waals surface area contributed by atoms with E-state index >= 15 is 0 Å². The van der Waals surface area contributed by atoms with Crippen LogP contribution in [0.25, 0.3) is 0 Å². The molecule has 0 amide bonds. The van der Waals surface area contributed by atoms with Crippen LogP contribution in [0, 0.1) is 0 Å². The molecule has 76 valence electrons. The van der Waals surface area contributed by atoms with Crippen molar-refractivity contribution in [2.24, 2.45) is 0 Å². The number of pyridine rings is 1. The minimum atomic E-state index is 0.268. The van der Waals surface area contributed by atoms with Gasteiger partial charge in [0, 0.05) is 11.4 Å². The van der Waals surface area contributed by atoms with Gasteiger partial charge in [-0.2, -0.15) is 12.6 Å². The lowest BCUT2D eigenvalue weighted by Crippen LogP contribution is -1.95. The van der Waals surface area contributed by atoms with Gasteiger partial charge in [-0.05, 0) is 30.5 Å². The highest BCUT2D eigenvalue weighted by atomic mass is 32.1. The van der Waals surface area contributed by atoms with Crippen molar-refractivity contribution in [2.45, 2.75) is 31.4 Å². The van der Waals surface area contributed by atoms with Crippen molar-refractivity contribution in [1.29, 1.82) is 0 Å². The second-order valence-corrected chi connectivity index (χ2v) is 4.01. The Balaban J connectivity index is 2.76. The van der Waals surface area contributed by atoms with E-state index in [0.29, 0.717) is 0 Å². The fourth-order valence-corrected chi connectivity index (χ4v) is 1.79. The van der Waals surface area contributed by atoms with Crippen molar-refractivity contribution in [1.82, 2.24) is 4.98 Å². The topological polar surface area (TPSA) is 12.9 Å². The van der Waals surface area contributed by atoms with Crippen LogP contribution in [0.5, 0.6) is 0 Å². The van der Waals surface area contributed by atoms with Crippen LogP contribution in [0.2, 0.25) is 0 Å². The van der Waals surface area contributed by atoms with E-state index in [2.05, 4.69) is 37.2 Å². The van der Waals surface area contributed by atoms with Crippen molar-refractivity contribution < 1.29 is 0 Å². The largest absolute Gasteiger partial charge is 0.260 e. The molecule has 1 rings (SSSR count). The second-order valence-electron chi connectivity index (χ2n) is 3.39. The lowest BCUT2D eigenvalue weighted by Gasteiger charge is -2.09. The quantitative estimate of drug-likeness (QED) is 0.575. The molecule has 1 unspecified atom stereocenters. The van der Waals surface area contributed by atoms with E-state index in [-0.39, 0.29) is 5.25 Å². The molecule has 0 aliphatic carbocycles. The van der Waals surface area contributed by atoms with Gasteiger partial charge < -0.3 is 0 Å². The highest BCUT2D eigenvalue weighted by Gasteiger charge is 2.06. The van der Waals surface area contributed by atoms with Crippen LogP contribution in [0.3, 0.4) is 0 Å². The van der Waals surface area contributed by atoms with Gasteiger partial charge >= 0.3 is 0 Å². The lowest BCUT2D eigenvalue weighted by atomic mass is 10.1. The van der Waals surface area contributed by atoms with Gasteiger partial charge in [0.25, 0.3) is 0 Å². The Labute approximate surface area is 91.7 Å². The van der Waals surface area contributed by atoms with Gasteiger partial charge in [-0.25, -0.2) is 0 Å². The predicted octanol–water partition coefficient (Wildman–Crippen LogP) is 3.58. The van der Waals surface area contributed by atoms with Gasteiger partial charge in [0.2, 0.25) is 0 Å². The molecular formula is C12H17NS. The molecule has 1 atom stereocenters. The summed E-state index contributed by atoms with van der Waals surface area (Å²) in [6.07, 6.45) is 6.89. The van der Waals surface area contributed by atoms with Crippen molar-refractivity contribution in [2.75, 3.05) is 0 Å². The molecule has 0 spiro atoms. The molecule has 0 fully saturated rings. The first kappa shape index (κ1) is 11.3. The summed E-state index contributed by atoms with van der Waals surface area (Å²) in [4.78, 5) is 4.33. The van der Waals surface area contributed by atoms with Gasteiger partial charge in [-0.15, -0.1) is 6.58 Å². The molecule has 0 radical (unpaired) electrons. The monoisotopic (exact) mass is 207 g/mol. The number of allylic oxidation sites excluding steroid dienone is 1. The number of hydrogen-bond donors (Lipinski definition) is 1. The van der Waals surface area contributed by atoms with Crippen LogP contribution in [-0.2, 0) is 6.42 Å². The van der Waals surface area contributed by atoms with E-state index in [1.165, 1.54) is 5.56 Å². The molecule has 0 saturated carbocycles. The Morgan fingerprint density at radius 3 is 3.07 bits per heavy atom. The Bertz CT molecular complexity index is 296. The number of aromatic nitrogens is 1. The lowest BCUT2D eigenvalue weighted by molar-refractivity contribution is 0.763. The average Bonchev–Trinajstić information content (AvgIpc) is 2.19. The van der Waals surface area contributed by atoms with E-state index in [1.807, 2.05) is 18.3 Å². The van der Waals surface area contributed by atoms with Gasteiger partial charge in [-0.1, -0.05) is 19.4 Å². The van der Waals surface area contributed by atoms with Crippen LogP contribution < -0.4 is 0 Å². The standard InChI is InChI=1S/C12H17NS/c1-3-5-10-7-8-13-11(9-10)12(14)6-4-2/h3,7-9,12,14H,1,4-6H2,2H3. The molecule has 0 aromatic carbocycles. The third-order valence-corrected chi connectivity index (χ3v) is 2.65. The summed E-state index contributed by atoms with van der Waals surface area (Å²) in [5.74, 6) is 0. The van der Waals surface area contributed by atoms with Gasteiger partial charge in [0.05, 0.1) is 5.69 Å². The van der Waals surface area contributed by atoms with Crippen LogP contribution >= 0.6 is 12.6 Å². The zero-order chi connectivity index (χ0) is 10.4. The van der Waals surface area contributed by atoms with Crippen LogP contribution in [0.4, 0.5) is 0 Å².